The first-order valence-corrected chi connectivity index (χ1v) is 7.79. The predicted molar refractivity (Wildman–Crippen MR) is 83.6 cm³/mol. The Balaban J connectivity index is 2.19. The van der Waals surface area contributed by atoms with E-state index in [1.165, 1.54) is 12.8 Å². The predicted octanol–water partition coefficient (Wildman–Crippen LogP) is 2.37. The number of nitrogens with two attached hydrogens (primary N) is 1. The van der Waals surface area contributed by atoms with E-state index in [1.54, 1.807) is 12.4 Å². The number of hydrazine groups is 1. The van der Waals surface area contributed by atoms with Gasteiger partial charge in [-0.2, -0.15) is 0 Å². The fourth-order valence-electron chi connectivity index (χ4n) is 3.17. The Bertz CT molecular complexity index is 434. The van der Waals surface area contributed by atoms with Gasteiger partial charge in [0.1, 0.15) is 0 Å². The summed E-state index contributed by atoms with van der Waals surface area (Å²) in [4.78, 5) is 6.61. The van der Waals surface area contributed by atoms with Gasteiger partial charge < -0.3 is 0 Å². The Morgan fingerprint density at radius 3 is 2.75 bits per heavy atom. The van der Waals surface area contributed by atoms with Crippen LogP contribution in [0.5, 0.6) is 0 Å². The second-order valence-corrected chi connectivity index (χ2v) is 6.20. The molecular weight excluding hydrogens is 272 g/mol. The van der Waals surface area contributed by atoms with Crippen LogP contribution < -0.4 is 11.3 Å². The van der Waals surface area contributed by atoms with Gasteiger partial charge in [0.05, 0.1) is 5.02 Å². The second kappa shape index (κ2) is 6.85. The molecule has 2 rings (SSSR count). The highest BCUT2D eigenvalue weighted by atomic mass is 35.5. The highest BCUT2D eigenvalue weighted by Crippen LogP contribution is 2.30. The summed E-state index contributed by atoms with van der Waals surface area (Å²) < 4.78 is 0. The van der Waals surface area contributed by atoms with Crippen LogP contribution in [0.3, 0.4) is 0 Å². The highest BCUT2D eigenvalue weighted by Gasteiger charge is 2.39. The molecule has 0 radical (unpaired) electrons. The Kier molecular flexibility index (Phi) is 5.38. The summed E-state index contributed by atoms with van der Waals surface area (Å²) in [5.74, 6) is 5.86. The summed E-state index contributed by atoms with van der Waals surface area (Å²) >= 11 is 6.23. The summed E-state index contributed by atoms with van der Waals surface area (Å²) in [7, 11) is 0. The maximum atomic E-state index is 6.23. The first-order valence-electron chi connectivity index (χ1n) is 7.41. The number of likely N-dealkylation sites (tertiary alicyclic amines) is 1. The number of pyridine rings is 1. The zero-order valence-electron chi connectivity index (χ0n) is 12.4. The lowest BCUT2D eigenvalue weighted by molar-refractivity contribution is 0.0841. The minimum Gasteiger partial charge on any atom is -0.296 e. The summed E-state index contributed by atoms with van der Waals surface area (Å²) in [6.45, 7) is 6.86. The van der Waals surface area contributed by atoms with E-state index < -0.39 is 0 Å². The molecular formula is C15H25ClN4. The van der Waals surface area contributed by atoms with Crippen LogP contribution in [0.4, 0.5) is 0 Å². The Hall–Kier alpha value is -0.680. The van der Waals surface area contributed by atoms with E-state index in [9.17, 15) is 0 Å². The third-order valence-corrected chi connectivity index (χ3v) is 5.12. The minimum absolute atomic E-state index is 0.0534. The fraction of sp³-hybridized carbons (Fsp3) is 0.667. The molecule has 0 amide bonds. The molecule has 20 heavy (non-hydrogen) atoms. The van der Waals surface area contributed by atoms with Crippen molar-refractivity contribution in [2.75, 3.05) is 13.1 Å². The number of hydrogen-bond acceptors (Lipinski definition) is 4. The summed E-state index contributed by atoms with van der Waals surface area (Å²) in [5, 5.41) is 0.715. The molecule has 3 N–H and O–H groups in total. The normalized spacial score (nSPS) is 20.8. The molecule has 0 spiro atoms. The van der Waals surface area contributed by atoms with Crippen LogP contribution in [-0.2, 0) is 6.42 Å². The van der Waals surface area contributed by atoms with Crippen molar-refractivity contribution in [2.24, 2.45) is 5.84 Å². The quantitative estimate of drug-likeness (QED) is 0.625. The molecule has 2 unspecified atom stereocenters. The fourth-order valence-corrected chi connectivity index (χ4v) is 3.36. The van der Waals surface area contributed by atoms with Gasteiger partial charge in [-0.1, -0.05) is 18.5 Å². The van der Waals surface area contributed by atoms with Crippen molar-refractivity contribution < 1.29 is 0 Å². The third kappa shape index (κ3) is 3.14. The van der Waals surface area contributed by atoms with Crippen LogP contribution in [0.25, 0.3) is 0 Å². The number of nitrogens with zero attached hydrogens (tertiary/aromatic N) is 2. The maximum Gasteiger partial charge on any atom is 0.0621 e. The molecule has 0 aliphatic carbocycles. The van der Waals surface area contributed by atoms with Crippen molar-refractivity contribution >= 4 is 11.6 Å². The zero-order valence-corrected chi connectivity index (χ0v) is 13.2. The van der Waals surface area contributed by atoms with Gasteiger partial charge in [-0.25, -0.2) is 0 Å². The number of nitrogens with one attached hydrogen (secondary N) is 1. The van der Waals surface area contributed by atoms with Gasteiger partial charge >= 0.3 is 0 Å². The van der Waals surface area contributed by atoms with Crippen molar-refractivity contribution in [3.63, 3.8) is 0 Å². The molecule has 112 valence electrons. The molecule has 0 saturated carbocycles. The van der Waals surface area contributed by atoms with Crippen LogP contribution in [-0.4, -0.2) is 34.6 Å². The number of rotatable bonds is 6. The van der Waals surface area contributed by atoms with Gasteiger partial charge in [0.25, 0.3) is 0 Å². The molecule has 4 nitrogen and oxygen atoms in total. The zero-order chi connectivity index (χ0) is 14.6. The van der Waals surface area contributed by atoms with Gasteiger partial charge in [0.2, 0.25) is 0 Å². The average molecular weight is 297 g/mol. The first kappa shape index (κ1) is 15.7. The van der Waals surface area contributed by atoms with E-state index in [2.05, 4.69) is 29.2 Å². The lowest BCUT2D eigenvalue weighted by atomic mass is 9.84. The van der Waals surface area contributed by atoms with Gasteiger partial charge in [-0.05, 0) is 57.3 Å². The van der Waals surface area contributed by atoms with Crippen molar-refractivity contribution in [1.29, 1.82) is 0 Å². The molecule has 1 aliphatic rings. The third-order valence-electron chi connectivity index (χ3n) is 4.78. The molecule has 0 bridgehead atoms. The van der Waals surface area contributed by atoms with Crippen LogP contribution in [0.2, 0.25) is 5.02 Å². The van der Waals surface area contributed by atoms with E-state index in [0.717, 1.165) is 31.5 Å². The highest BCUT2D eigenvalue weighted by molar-refractivity contribution is 6.31. The SMILES string of the molecule is CCC(C)(C(Cc1ccncc1Cl)NN)N1CCCC1. The van der Waals surface area contributed by atoms with Gasteiger partial charge in [-0.3, -0.25) is 21.2 Å². The summed E-state index contributed by atoms with van der Waals surface area (Å²) in [5.41, 5.74) is 4.18. The summed E-state index contributed by atoms with van der Waals surface area (Å²) in [6.07, 6.45) is 7.92. The largest absolute Gasteiger partial charge is 0.296 e. The molecule has 0 aromatic carbocycles. The van der Waals surface area contributed by atoms with Crippen molar-refractivity contribution in [3.05, 3.63) is 29.0 Å². The van der Waals surface area contributed by atoms with Crippen LogP contribution in [0, 0.1) is 0 Å². The molecule has 2 atom stereocenters. The van der Waals surface area contributed by atoms with Crippen LogP contribution in [0.15, 0.2) is 18.5 Å². The number of hydrogen-bond donors (Lipinski definition) is 2. The Morgan fingerprint density at radius 1 is 1.50 bits per heavy atom. The molecule has 1 aliphatic heterocycles. The van der Waals surface area contributed by atoms with Crippen molar-refractivity contribution in [1.82, 2.24) is 15.3 Å². The van der Waals surface area contributed by atoms with Crippen molar-refractivity contribution in [2.45, 2.75) is 51.1 Å². The summed E-state index contributed by atoms with van der Waals surface area (Å²) in [6, 6.07) is 2.15. The van der Waals surface area contributed by atoms with Gasteiger partial charge in [0.15, 0.2) is 0 Å². The monoisotopic (exact) mass is 296 g/mol. The molecule has 1 aromatic heterocycles. The average Bonchev–Trinajstić information content (AvgIpc) is 3.00. The van der Waals surface area contributed by atoms with Gasteiger partial charge in [0, 0.05) is 24.0 Å². The van der Waals surface area contributed by atoms with E-state index in [0.29, 0.717) is 5.02 Å². The first-order chi connectivity index (χ1) is 9.61. The van der Waals surface area contributed by atoms with E-state index in [4.69, 9.17) is 17.4 Å². The molecule has 1 aromatic rings. The lowest BCUT2D eigenvalue weighted by Gasteiger charge is -2.44. The van der Waals surface area contributed by atoms with E-state index in [-0.39, 0.29) is 11.6 Å². The Morgan fingerprint density at radius 2 is 2.20 bits per heavy atom. The molecule has 5 heteroatoms. The van der Waals surface area contributed by atoms with E-state index >= 15 is 0 Å². The topological polar surface area (TPSA) is 54.2 Å². The number of halogens is 1. The smallest absolute Gasteiger partial charge is 0.0621 e. The standard InChI is InChI=1S/C15H25ClN4/c1-3-15(2,20-8-4-5-9-20)14(19-17)10-12-6-7-18-11-13(12)16/h6-7,11,14,19H,3-5,8-10,17H2,1-2H3. The minimum atomic E-state index is 0.0534. The lowest BCUT2D eigenvalue weighted by Crippen LogP contribution is -2.61. The van der Waals surface area contributed by atoms with E-state index in [1.807, 2.05) is 6.07 Å². The second-order valence-electron chi connectivity index (χ2n) is 5.80. The molecule has 2 heterocycles. The number of aromatic nitrogens is 1. The van der Waals surface area contributed by atoms with Gasteiger partial charge in [-0.15, -0.1) is 0 Å². The molecule has 1 fully saturated rings. The maximum absolute atomic E-state index is 6.23. The van der Waals surface area contributed by atoms with Crippen LogP contribution in [0.1, 0.15) is 38.7 Å². The van der Waals surface area contributed by atoms with Crippen LogP contribution >= 0.6 is 11.6 Å². The Labute approximate surface area is 126 Å². The molecule has 1 saturated heterocycles. The van der Waals surface area contributed by atoms with Crippen molar-refractivity contribution in [3.8, 4) is 0 Å².